The number of nitrogens with one attached hydrogen (secondary N) is 1. The van der Waals surface area contributed by atoms with Crippen LogP contribution < -0.4 is 10.1 Å². The van der Waals surface area contributed by atoms with E-state index in [-0.39, 0.29) is 5.91 Å². The lowest BCUT2D eigenvalue weighted by Gasteiger charge is -2.32. The maximum atomic E-state index is 13.2. The molecular formula is C27H31N7O2. The first kappa shape index (κ1) is 23.9. The first-order valence-electron chi connectivity index (χ1n) is 12.1. The fourth-order valence-electron chi connectivity index (χ4n) is 4.42. The molecule has 36 heavy (non-hydrogen) atoms. The van der Waals surface area contributed by atoms with E-state index >= 15 is 0 Å². The van der Waals surface area contributed by atoms with Crippen molar-refractivity contribution in [3.8, 4) is 11.6 Å². The number of ether oxygens (including phenoxy) is 1. The number of amides is 1. The molecule has 2 aromatic carbocycles. The zero-order valence-corrected chi connectivity index (χ0v) is 21.2. The van der Waals surface area contributed by atoms with Crippen LogP contribution in [0.4, 0.5) is 5.69 Å². The van der Waals surface area contributed by atoms with E-state index in [9.17, 15) is 4.79 Å². The van der Waals surface area contributed by atoms with Gasteiger partial charge in [-0.2, -0.15) is 4.98 Å². The molecule has 1 N–H and O–H groups in total. The van der Waals surface area contributed by atoms with E-state index in [1.54, 1.807) is 17.0 Å². The second-order valence-corrected chi connectivity index (χ2v) is 9.46. The predicted octanol–water partition coefficient (Wildman–Crippen LogP) is 3.77. The van der Waals surface area contributed by atoms with E-state index < -0.39 is 0 Å². The van der Waals surface area contributed by atoms with Crippen LogP contribution in [0.3, 0.4) is 0 Å². The van der Waals surface area contributed by atoms with Gasteiger partial charge in [0.15, 0.2) is 11.2 Å². The molecule has 3 heterocycles. The normalized spacial score (nSPS) is 14.8. The number of imidazole rings is 1. The van der Waals surface area contributed by atoms with E-state index in [1.165, 1.54) is 17.5 Å². The Kier molecular flexibility index (Phi) is 6.67. The summed E-state index contributed by atoms with van der Waals surface area (Å²) in [4.78, 5) is 30.8. The molecule has 4 aromatic rings. The highest BCUT2D eigenvalue weighted by Gasteiger charge is 2.17. The Morgan fingerprint density at radius 2 is 1.78 bits per heavy atom. The molecule has 1 aliphatic rings. The van der Waals surface area contributed by atoms with Crippen LogP contribution in [-0.4, -0.2) is 68.5 Å². The van der Waals surface area contributed by atoms with Gasteiger partial charge in [0.1, 0.15) is 12.1 Å². The van der Waals surface area contributed by atoms with Gasteiger partial charge < -0.3 is 19.5 Å². The summed E-state index contributed by atoms with van der Waals surface area (Å²) in [5.41, 5.74) is 5.87. The van der Waals surface area contributed by atoms with E-state index in [0.29, 0.717) is 28.4 Å². The van der Waals surface area contributed by atoms with Crippen molar-refractivity contribution in [2.45, 2.75) is 20.4 Å². The van der Waals surface area contributed by atoms with Crippen LogP contribution in [0.15, 0.2) is 49.1 Å². The summed E-state index contributed by atoms with van der Waals surface area (Å²) >= 11 is 0. The molecule has 1 fully saturated rings. The minimum absolute atomic E-state index is 0.185. The van der Waals surface area contributed by atoms with Crippen LogP contribution in [0.5, 0.6) is 11.6 Å². The number of anilines is 1. The lowest BCUT2D eigenvalue weighted by Crippen LogP contribution is -2.43. The average molecular weight is 486 g/mol. The highest BCUT2D eigenvalue weighted by atomic mass is 16.5. The summed E-state index contributed by atoms with van der Waals surface area (Å²) in [6.07, 6.45) is 3.11. The monoisotopic (exact) mass is 485 g/mol. The quantitative estimate of drug-likeness (QED) is 0.445. The van der Waals surface area contributed by atoms with Crippen molar-refractivity contribution in [2.24, 2.45) is 7.05 Å². The molecule has 1 saturated heterocycles. The number of likely N-dealkylation sites (N-methyl/N-ethyl adjacent to an activating group) is 1. The van der Waals surface area contributed by atoms with Gasteiger partial charge in [0.25, 0.3) is 11.8 Å². The third kappa shape index (κ3) is 5.07. The fourth-order valence-corrected chi connectivity index (χ4v) is 4.42. The van der Waals surface area contributed by atoms with Crippen LogP contribution in [0.25, 0.3) is 11.2 Å². The molecule has 0 aliphatic carbocycles. The number of hydrogen-bond donors (Lipinski definition) is 1. The second-order valence-electron chi connectivity index (χ2n) is 9.46. The molecule has 1 amide bonds. The number of fused-ring (bicyclic) bond motifs is 1. The molecule has 0 unspecified atom stereocenters. The lowest BCUT2D eigenvalue weighted by molar-refractivity contribution is 0.102. The molecule has 0 saturated carbocycles. The Morgan fingerprint density at radius 1 is 0.972 bits per heavy atom. The zero-order valence-electron chi connectivity index (χ0n) is 21.2. The van der Waals surface area contributed by atoms with Crippen molar-refractivity contribution in [1.29, 1.82) is 0 Å². The first-order valence-corrected chi connectivity index (χ1v) is 12.1. The summed E-state index contributed by atoms with van der Waals surface area (Å²) in [6.45, 7) is 9.28. The zero-order chi connectivity index (χ0) is 25.2. The summed E-state index contributed by atoms with van der Waals surface area (Å²) in [5, 5.41) is 3.04. The summed E-state index contributed by atoms with van der Waals surface area (Å²) in [7, 11) is 4.03. The number of benzene rings is 2. The molecule has 1 aliphatic heterocycles. The molecular weight excluding hydrogens is 454 g/mol. The van der Waals surface area contributed by atoms with Crippen LogP contribution >= 0.6 is 0 Å². The number of piperazine rings is 1. The molecule has 0 radical (unpaired) electrons. The number of carbonyl (C=O) groups is 1. The molecule has 5 rings (SSSR count). The topological polar surface area (TPSA) is 88.4 Å². The van der Waals surface area contributed by atoms with Crippen molar-refractivity contribution < 1.29 is 9.53 Å². The molecule has 2 aromatic heterocycles. The van der Waals surface area contributed by atoms with Crippen LogP contribution in [0, 0.1) is 13.8 Å². The van der Waals surface area contributed by atoms with Gasteiger partial charge in [0.2, 0.25) is 0 Å². The number of aryl methyl sites for hydroxylation is 3. The third-order valence-electron chi connectivity index (χ3n) is 6.72. The number of hydrogen-bond acceptors (Lipinski definition) is 7. The Balaban J connectivity index is 1.29. The smallest absolute Gasteiger partial charge is 0.256 e. The molecule has 9 nitrogen and oxygen atoms in total. The van der Waals surface area contributed by atoms with Gasteiger partial charge in [-0.1, -0.05) is 12.1 Å². The van der Waals surface area contributed by atoms with Crippen molar-refractivity contribution in [1.82, 2.24) is 29.3 Å². The fraction of sp³-hybridized carbons (Fsp3) is 0.333. The number of nitrogens with zero attached hydrogens (tertiary/aromatic N) is 6. The van der Waals surface area contributed by atoms with E-state index in [2.05, 4.69) is 50.1 Å². The lowest BCUT2D eigenvalue weighted by atomic mass is 10.1. The largest absolute Gasteiger partial charge is 0.437 e. The molecule has 0 bridgehead atoms. The van der Waals surface area contributed by atoms with Crippen molar-refractivity contribution in [3.63, 3.8) is 0 Å². The SMILES string of the molecule is Cc1cc(NC(=O)c2cc(Oc3ncnc4c3ncn4C)ccc2C)ccc1CN1CCN(C)CC1. The van der Waals surface area contributed by atoms with Crippen molar-refractivity contribution in [2.75, 3.05) is 38.5 Å². The molecule has 9 heteroatoms. The van der Waals surface area contributed by atoms with Gasteiger partial charge in [-0.25, -0.2) is 9.97 Å². The Bertz CT molecular complexity index is 1410. The van der Waals surface area contributed by atoms with Gasteiger partial charge in [-0.05, 0) is 61.9 Å². The molecule has 0 atom stereocenters. The van der Waals surface area contributed by atoms with Gasteiger partial charge in [-0.3, -0.25) is 9.69 Å². The third-order valence-corrected chi connectivity index (χ3v) is 6.72. The predicted molar refractivity (Wildman–Crippen MR) is 139 cm³/mol. The van der Waals surface area contributed by atoms with E-state index in [4.69, 9.17) is 4.74 Å². The van der Waals surface area contributed by atoms with Gasteiger partial charge in [-0.15, -0.1) is 0 Å². The van der Waals surface area contributed by atoms with Crippen LogP contribution in [0.1, 0.15) is 27.0 Å². The van der Waals surface area contributed by atoms with Gasteiger partial charge >= 0.3 is 0 Å². The minimum Gasteiger partial charge on any atom is -0.437 e. The van der Waals surface area contributed by atoms with Crippen LogP contribution in [-0.2, 0) is 13.6 Å². The highest BCUT2D eigenvalue weighted by molar-refractivity contribution is 6.05. The number of carbonyl (C=O) groups excluding carboxylic acids is 1. The second kappa shape index (κ2) is 10.0. The maximum absolute atomic E-state index is 13.2. The highest BCUT2D eigenvalue weighted by Crippen LogP contribution is 2.27. The van der Waals surface area contributed by atoms with E-state index in [0.717, 1.165) is 44.0 Å². The Morgan fingerprint density at radius 3 is 2.56 bits per heavy atom. The van der Waals surface area contributed by atoms with Gasteiger partial charge in [0.05, 0.1) is 6.33 Å². The summed E-state index contributed by atoms with van der Waals surface area (Å²) in [6, 6.07) is 11.5. The Hall–Kier alpha value is -3.82. The maximum Gasteiger partial charge on any atom is 0.256 e. The molecule has 0 spiro atoms. The Labute approximate surface area is 210 Å². The standard InChI is InChI=1S/C27H31N7O2/c1-18-5-8-22(36-27-24-25(28-16-29-27)33(4)17-30-24)14-23(18)26(35)31-21-7-6-20(19(2)13-21)15-34-11-9-32(3)10-12-34/h5-8,13-14,16-17H,9-12,15H2,1-4H3,(H,31,35). The summed E-state index contributed by atoms with van der Waals surface area (Å²) < 4.78 is 7.80. The van der Waals surface area contributed by atoms with Crippen LogP contribution in [0.2, 0.25) is 0 Å². The van der Waals surface area contributed by atoms with Crippen molar-refractivity contribution in [3.05, 3.63) is 71.3 Å². The van der Waals surface area contributed by atoms with Crippen molar-refractivity contribution >= 4 is 22.8 Å². The summed E-state index contributed by atoms with van der Waals surface area (Å²) in [5.74, 6) is 0.673. The first-order chi connectivity index (χ1) is 17.4. The minimum atomic E-state index is -0.185. The molecule has 186 valence electrons. The van der Waals surface area contributed by atoms with Gasteiger partial charge in [0, 0.05) is 51.0 Å². The number of rotatable bonds is 6. The average Bonchev–Trinajstić information content (AvgIpc) is 3.25. The number of aromatic nitrogens is 4. The van der Waals surface area contributed by atoms with E-state index in [1.807, 2.05) is 38.2 Å².